The lowest BCUT2D eigenvalue weighted by molar-refractivity contribution is -0.117. The van der Waals surface area contributed by atoms with Gasteiger partial charge in [0.05, 0.1) is 18.2 Å². The lowest BCUT2D eigenvalue weighted by Gasteiger charge is -2.24. The molecule has 0 bridgehead atoms. The van der Waals surface area contributed by atoms with Crippen molar-refractivity contribution in [1.29, 1.82) is 0 Å². The maximum Gasteiger partial charge on any atom is 0.296 e. The van der Waals surface area contributed by atoms with Gasteiger partial charge in [0.2, 0.25) is 10.9 Å². The van der Waals surface area contributed by atoms with E-state index >= 15 is 0 Å². The molecule has 0 spiro atoms. The minimum absolute atomic E-state index is 0.0311. The van der Waals surface area contributed by atoms with E-state index in [0.717, 1.165) is 12.0 Å². The molecule has 3 heterocycles. The molecule has 39 heavy (non-hydrogen) atoms. The minimum atomic E-state index is -0.956. The molecule has 0 saturated carbocycles. The molecular formula is C28H24ClN3O5S2. The maximum absolute atomic E-state index is 13.6. The van der Waals surface area contributed by atoms with Gasteiger partial charge in [0.15, 0.2) is 15.9 Å². The number of hydrogen-bond donors (Lipinski definition) is 1. The van der Waals surface area contributed by atoms with Crippen LogP contribution in [0.5, 0.6) is 5.75 Å². The molecule has 4 aromatic rings. The van der Waals surface area contributed by atoms with Crippen LogP contribution in [0.4, 0.5) is 5.13 Å². The highest BCUT2D eigenvalue weighted by atomic mass is 35.5. The fourth-order valence-electron chi connectivity index (χ4n) is 4.12. The Balaban J connectivity index is 1.50. The van der Waals surface area contributed by atoms with Crippen LogP contribution in [0.2, 0.25) is 5.02 Å². The molecule has 0 saturated heterocycles. The Morgan fingerprint density at radius 2 is 1.97 bits per heavy atom. The molecule has 8 nitrogen and oxygen atoms in total. The lowest BCUT2D eigenvalue weighted by Crippen LogP contribution is -2.31. The van der Waals surface area contributed by atoms with Crippen molar-refractivity contribution in [1.82, 2.24) is 10.2 Å². The molecule has 200 valence electrons. The highest BCUT2D eigenvalue weighted by molar-refractivity contribution is 8.00. The third-order valence-corrected chi connectivity index (χ3v) is 8.32. The summed E-state index contributed by atoms with van der Waals surface area (Å²) in [6.45, 7) is 4.23. The number of ketones is 1. The molecule has 1 aliphatic heterocycles. The normalized spacial score (nSPS) is 15.3. The molecule has 0 fully saturated rings. The first-order valence-electron chi connectivity index (χ1n) is 12.2. The van der Waals surface area contributed by atoms with E-state index in [2.05, 4.69) is 10.2 Å². The first-order chi connectivity index (χ1) is 18.9. The van der Waals surface area contributed by atoms with Crippen LogP contribution in [0.3, 0.4) is 0 Å². The van der Waals surface area contributed by atoms with Crippen LogP contribution < -0.4 is 9.64 Å². The van der Waals surface area contributed by atoms with Crippen molar-refractivity contribution in [2.24, 2.45) is 0 Å². The number of aliphatic hydroxyl groups excluding tert-OH is 1. The van der Waals surface area contributed by atoms with Gasteiger partial charge in [-0.1, -0.05) is 65.9 Å². The number of aryl methyl sites for hydroxylation is 1. The van der Waals surface area contributed by atoms with E-state index in [0.29, 0.717) is 38.8 Å². The number of ether oxygens (including phenoxy) is 1. The number of Topliss-reactive ketones (excluding diaryl/α,β-unsaturated/α-hetero) is 1. The number of carbonyl (C=O) groups excluding carboxylic acids is 2. The van der Waals surface area contributed by atoms with Crippen molar-refractivity contribution >= 4 is 51.5 Å². The summed E-state index contributed by atoms with van der Waals surface area (Å²) in [6, 6.07) is 16.9. The molecule has 1 unspecified atom stereocenters. The summed E-state index contributed by atoms with van der Waals surface area (Å²) >= 11 is 8.64. The van der Waals surface area contributed by atoms with Crippen molar-refractivity contribution in [3.63, 3.8) is 0 Å². The van der Waals surface area contributed by atoms with Gasteiger partial charge in [0.1, 0.15) is 11.5 Å². The number of rotatable bonds is 10. The molecule has 1 atom stereocenters. The average Bonchev–Trinajstić information content (AvgIpc) is 3.65. The summed E-state index contributed by atoms with van der Waals surface area (Å²) in [6.07, 6.45) is 0.821. The number of hydrogen-bond acceptors (Lipinski definition) is 9. The van der Waals surface area contributed by atoms with Gasteiger partial charge in [0, 0.05) is 10.8 Å². The quantitative estimate of drug-likeness (QED) is 0.122. The lowest BCUT2D eigenvalue weighted by atomic mass is 9.95. The monoisotopic (exact) mass is 581 g/mol. The Bertz CT molecular complexity index is 1550. The molecule has 5 rings (SSSR count). The third-order valence-electron chi connectivity index (χ3n) is 5.94. The number of amides is 1. The third kappa shape index (κ3) is 5.73. The van der Waals surface area contributed by atoms with Gasteiger partial charge >= 0.3 is 0 Å². The highest BCUT2D eigenvalue weighted by Crippen LogP contribution is 2.44. The summed E-state index contributed by atoms with van der Waals surface area (Å²) in [7, 11) is 0. The molecule has 2 aromatic heterocycles. The molecule has 1 N–H and O–H groups in total. The SMILES string of the molecule is CCCOc1cccc(C2C(C(=O)c3ccc(C)o3)=C(O)C(=O)N2c2nnc(SCc3ccc(Cl)cc3)s2)c1. The predicted octanol–water partition coefficient (Wildman–Crippen LogP) is 6.96. The second-order valence-corrected chi connectivity index (χ2v) is 11.4. The summed E-state index contributed by atoms with van der Waals surface area (Å²) in [5, 5.41) is 20.4. The van der Waals surface area contributed by atoms with Crippen LogP contribution in [0.1, 0.15) is 46.8 Å². The van der Waals surface area contributed by atoms with E-state index in [9.17, 15) is 14.7 Å². The second kappa shape index (κ2) is 11.6. The topological polar surface area (TPSA) is 106 Å². The largest absolute Gasteiger partial charge is 0.503 e. The summed E-state index contributed by atoms with van der Waals surface area (Å²) in [5.74, 6) is -0.179. The minimum Gasteiger partial charge on any atom is -0.503 e. The number of benzene rings is 2. The van der Waals surface area contributed by atoms with Gasteiger partial charge in [0.25, 0.3) is 5.91 Å². The van der Waals surface area contributed by atoms with Gasteiger partial charge in [-0.05, 0) is 60.9 Å². The van der Waals surface area contributed by atoms with E-state index in [-0.39, 0.29) is 16.5 Å². The number of thioether (sulfide) groups is 1. The van der Waals surface area contributed by atoms with Crippen LogP contribution >= 0.6 is 34.7 Å². The number of nitrogens with zero attached hydrogens (tertiary/aromatic N) is 3. The standard InChI is InChI=1S/C28H24ClN3O5S2/c1-3-13-36-20-6-4-5-18(14-20)23-22(24(33)21-12-7-16(2)37-21)25(34)26(35)32(23)27-30-31-28(39-27)38-15-17-8-10-19(29)11-9-17/h4-12,14,23,34H,3,13,15H2,1-2H3. The Morgan fingerprint density at radius 3 is 2.69 bits per heavy atom. The number of halogens is 1. The smallest absolute Gasteiger partial charge is 0.296 e. The molecule has 2 aromatic carbocycles. The molecule has 0 radical (unpaired) electrons. The zero-order chi connectivity index (χ0) is 27.5. The first kappa shape index (κ1) is 27.0. The van der Waals surface area contributed by atoms with Crippen molar-refractivity contribution in [3.05, 3.63) is 99.7 Å². The fourth-order valence-corrected chi connectivity index (χ4v) is 6.07. The molecule has 11 heteroatoms. The van der Waals surface area contributed by atoms with Crippen molar-refractivity contribution < 1.29 is 23.8 Å². The van der Waals surface area contributed by atoms with Crippen molar-refractivity contribution in [3.8, 4) is 5.75 Å². The van der Waals surface area contributed by atoms with Crippen LogP contribution in [-0.4, -0.2) is 33.6 Å². The predicted molar refractivity (Wildman–Crippen MR) is 151 cm³/mol. The van der Waals surface area contributed by atoms with Crippen molar-refractivity contribution in [2.75, 3.05) is 11.5 Å². The number of carbonyl (C=O) groups is 2. The maximum atomic E-state index is 13.6. The van der Waals surface area contributed by atoms with Gasteiger partial charge in [-0.15, -0.1) is 10.2 Å². The summed E-state index contributed by atoms with van der Waals surface area (Å²) < 4.78 is 12.0. The Morgan fingerprint density at radius 1 is 1.18 bits per heavy atom. The molecule has 0 aliphatic carbocycles. The fraction of sp³-hybridized carbons (Fsp3) is 0.214. The molecular weight excluding hydrogens is 558 g/mol. The van der Waals surface area contributed by atoms with Gasteiger partial charge < -0.3 is 14.3 Å². The average molecular weight is 582 g/mol. The van der Waals surface area contributed by atoms with Crippen LogP contribution in [0.25, 0.3) is 0 Å². The highest BCUT2D eigenvalue weighted by Gasteiger charge is 2.46. The van der Waals surface area contributed by atoms with Gasteiger partial charge in [-0.3, -0.25) is 14.5 Å². The van der Waals surface area contributed by atoms with E-state index in [4.69, 9.17) is 20.8 Å². The summed E-state index contributed by atoms with van der Waals surface area (Å²) in [5.41, 5.74) is 1.55. The molecule has 1 aliphatic rings. The van der Waals surface area contributed by atoms with Gasteiger partial charge in [-0.2, -0.15) is 0 Å². The van der Waals surface area contributed by atoms with Crippen LogP contribution in [0, 0.1) is 6.92 Å². The number of aliphatic hydroxyl groups is 1. The van der Waals surface area contributed by atoms with Gasteiger partial charge in [-0.25, -0.2) is 0 Å². The van der Waals surface area contributed by atoms with Crippen LogP contribution in [0.15, 0.2) is 80.8 Å². The van der Waals surface area contributed by atoms with E-state index in [1.165, 1.54) is 34.1 Å². The number of anilines is 1. The zero-order valence-corrected chi connectivity index (χ0v) is 23.5. The number of aromatic nitrogens is 2. The second-order valence-electron chi connectivity index (χ2n) is 8.77. The Kier molecular flexibility index (Phi) is 8.06. The van der Waals surface area contributed by atoms with E-state index in [1.807, 2.05) is 31.2 Å². The van der Waals surface area contributed by atoms with Crippen LogP contribution in [-0.2, 0) is 10.5 Å². The number of furan rings is 1. The molecule has 1 amide bonds. The zero-order valence-electron chi connectivity index (χ0n) is 21.1. The Labute approximate surface area is 238 Å². The van der Waals surface area contributed by atoms with E-state index in [1.54, 1.807) is 37.3 Å². The van der Waals surface area contributed by atoms with Crippen molar-refractivity contribution in [2.45, 2.75) is 36.4 Å². The Hall–Kier alpha value is -3.60. The van der Waals surface area contributed by atoms with E-state index < -0.39 is 23.5 Å². The first-order valence-corrected chi connectivity index (χ1v) is 14.3. The summed E-state index contributed by atoms with van der Waals surface area (Å²) in [4.78, 5) is 28.3.